The molecule has 0 radical (unpaired) electrons. The first kappa shape index (κ1) is 11.6. The number of hydrogen-bond donors (Lipinski definition) is 2. The van der Waals surface area contributed by atoms with E-state index in [9.17, 15) is 0 Å². The van der Waals surface area contributed by atoms with Gasteiger partial charge in [0.25, 0.3) is 0 Å². The van der Waals surface area contributed by atoms with Gasteiger partial charge < -0.3 is 10.5 Å². The van der Waals surface area contributed by atoms with Gasteiger partial charge in [0.15, 0.2) is 5.84 Å². The van der Waals surface area contributed by atoms with E-state index in [0.29, 0.717) is 22.2 Å². The van der Waals surface area contributed by atoms with Crippen LogP contribution < -0.4 is 16.3 Å². The van der Waals surface area contributed by atoms with Gasteiger partial charge in [-0.2, -0.15) is 0 Å². The van der Waals surface area contributed by atoms with Crippen molar-refractivity contribution in [1.29, 1.82) is 0 Å². The van der Waals surface area contributed by atoms with E-state index in [4.69, 9.17) is 27.9 Å². The van der Waals surface area contributed by atoms with Crippen molar-refractivity contribution in [2.45, 2.75) is 0 Å². The van der Waals surface area contributed by atoms with E-state index in [1.165, 1.54) is 0 Å². The van der Waals surface area contributed by atoms with Crippen molar-refractivity contribution >= 4 is 17.4 Å². The van der Waals surface area contributed by atoms with Crippen LogP contribution in [0.1, 0.15) is 5.56 Å². The fraction of sp³-hybridized carbons (Fsp3) is 0.222. The number of ether oxygens (including phenoxy) is 1. The standard InChI is InChI=1S/C9H13ClN4O/c1-14(12)13-9(11)6-3-4-8(15-2)7(10)5-6/h3-5H,12H2,1-2H3,(H2,11,13). The molecule has 1 aromatic rings. The average molecular weight is 229 g/mol. The smallest absolute Gasteiger partial charge is 0.152 e. The van der Waals surface area contributed by atoms with Crippen LogP contribution >= 0.6 is 11.6 Å². The maximum Gasteiger partial charge on any atom is 0.152 e. The van der Waals surface area contributed by atoms with E-state index in [1.807, 2.05) is 0 Å². The van der Waals surface area contributed by atoms with Gasteiger partial charge in [-0.25, -0.2) is 11.0 Å². The Hall–Kier alpha value is -1.46. The first-order valence-electron chi connectivity index (χ1n) is 4.21. The quantitative estimate of drug-likeness (QED) is 0.347. The van der Waals surface area contributed by atoms with Crippen LogP contribution in [0.25, 0.3) is 0 Å². The summed E-state index contributed by atoms with van der Waals surface area (Å²) >= 11 is 5.93. The normalized spacial score (nSPS) is 11.3. The van der Waals surface area contributed by atoms with Crippen LogP contribution in [0.4, 0.5) is 0 Å². The summed E-state index contributed by atoms with van der Waals surface area (Å²) in [6.07, 6.45) is 0. The van der Waals surface area contributed by atoms with E-state index in [1.54, 1.807) is 32.4 Å². The number of amidine groups is 1. The lowest BCUT2D eigenvalue weighted by Crippen LogP contribution is -2.25. The Bertz CT molecular complexity index is 378. The Morgan fingerprint density at radius 2 is 2.20 bits per heavy atom. The molecule has 15 heavy (non-hydrogen) atoms. The van der Waals surface area contributed by atoms with Crippen LogP contribution in [-0.4, -0.2) is 25.1 Å². The second-order valence-corrected chi connectivity index (χ2v) is 3.32. The largest absolute Gasteiger partial charge is 0.495 e. The molecular formula is C9H13ClN4O. The molecule has 0 fully saturated rings. The number of hydrogen-bond acceptors (Lipinski definition) is 4. The Kier molecular flexibility index (Phi) is 3.76. The molecule has 0 aromatic heterocycles. The van der Waals surface area contributed by atoms with Crippen molar-refractivity contribution in [3.8, 4) is 5.75 Å². The molecule has 0 atom stereocenters. The first-order chi connectivity index (χ1) is 7.04. The SMILES string of the molecule is COc1ccc(/C(N)=N/N(C)N)cc1Cl. The van der Waals surface area contributed by atoms with Crippen LogP contribution in [0.3, 0.4) is 0 Å². The molecule has 0 unspecified atom stereocenters. The molecular weight excluding hydrogens is 216 g/mol. The summed E-state index contributed by atoms with van der Waals surface area (Å²) in [5.74, 6) is 6.22. The highest BCUT2D eigenvalue weighted by Crippen LogP contribution is 2.24. The van der Waals surface area contributed by atoms with Gasteiger partial charge in [-0.1, -0.05) is 11.6 Å². The van der Waals surface area contributed by atoms with Gasteiger partial charge in [0, 0.05) is 12.6 Å². The second kappa shape index (κ2) is 4.86. The molecule has 0 heterocycles. The van der Waals surface area contributed by atoms with Crippen molar-refractivity contribution in [1.82, 2.24) is 5.12 Å². The minimum absolute atomic E-state index is 0.296. The van der Waals surface area contributed by atoms with Crippen LogP contribution in [-0.2, 0) is 0 Å². The van der Waals surface area contributed by atoms with Crippen molar-refractivity contribution in [3.63, 3.8) is 0 Å². The zero-order chi connectivity index (χ0) is 11.4. The lowest BCUT2D eigenvalue weighted by atomic mass is 10.2. The molecule has 82 valence electrons. The van der Waals surface area contributed by atoms with Crippen LogP contribution in [0.5, 0.6) is 5.75 Å². The monoisotopic (exact) mass is 228 g/mol. The van der Waals surface area contributed by atoms with Gasteiger partial charge in [0.2, 0.25) is 0 Å². The maximum absolute atomic E-state index is 5.93. The zero-order valence-corrected chi connectivity index (χ0v) is 9.32. The molecule has 0 aliphatic carbocycles. The summed E-state index contributed by atoms with van der Waals surface area (Å²) in [7, 11) is 3.13. The summed E-state index contributed by atoms with van der Waals surface area (Å²) in [6.45, 7) is 0. The molecule has 0 aliphatic heterocycles. The van der Waals surface area contributed by atoms with Gasteiger partial charge in [-0.05, 0) is 18.2 Å². The number of methoxy groups -OCH3 is 1. The third kappa shape index (κ3) is 3.00. The molecule has 6 heteroatoms. The second-order valence-electron chi connectivity index (χ2n) is 2.91. The number of hydrazone groups is 1. The highest BCUT2D eigenvalue weighted by Gasteiger charge is 2.04. The Morgan fingerprint density at radius 1 is 1.53 bits per heavy atom. The minimum atomic E-state index is 0.296. The Morgan fingerprint density at radius 3 is 2.67 bits per heavy atom. The topological polar surface area (TPSA) is 76.9 Å². The minimum Gasteiger partial charge on any atom is -0.495 e. The first-order valence-corrected chi connectivity index (χ1v) is 4.59. The molecule has 0 saturated carbocycles. The summed E-state index contributed by atoms with van der Waals surface area (Å²) < 4.78 is 5.01. The fourth-order valence-electron chi connectivity index (χ4n) is 1.05. The lowest BCUT2D eigenvalue weighted by Gasteiger charge is -2.08. The van der Waals surface area contributed by atoms with E-state index >= 15 is 0 Å². The summed E-state index contributed by atoms with van der Waals surface area (Å²) in [4.78, 5) is 0. The fourth-order valence-corrected chi connectivity index (χ4v) is 1.31. The van der Waals surface area contributed by atoms with Crippen molar-refractivity contribution in [2.75, 3.05) is 14.2 Å². The molecule has 1 rings (SSSR count). The molecule has 0 amide bonds. The molecule has 5 nitrogen and oxygen atoms in total. The highest BCUT2D eigenvalue weighted by atomic mass is 35.5. The van der Waals surface area contributed by atoms with E-state index in [2.05, 4.69) is 5.10 Å². The number of halogens is 1. The molecule has 0 saturated heterocycles. The molecule has 0 spiro atoms. The number of benzene rings is 1. The average Bonchev–Trinajstić information content (AvgIpc) is 2.16. The molecule has 0 bridgehead atoms. The van der Waals surface area contributed by atoms with E-state index in [0.717, 1.165) is 5.12 Å². The van der Waals surface area contributed by atoms with Crippen molar-refractivity contribution < 1.29 is 4.74 Å². The number of hydrazine groups is 1. The van der Waals surface area contributed by atoms with Gasteiger partial charge in [0.1, 0.15) is 5.75 Å². The van der Waals surface area contributed by atoms with Crippen LogP contribution in [0.2, 0.25) is 5.02 Å². The maximum atomic E-state index is 5.93. The summed E-state index contributed by atoms with van der Waals surface area (Å²) in [6, 6.07) is 5.15. The molecule has 0 aliphatic rings. The summed E-state index contributed by atoms with van der Waals surface area (Å²) in [5, 5.41) is 5.46. The predicted molar refractivity (Wildman–Crippen MR) is 60.7 cm³/mol. The van der Waals surface area contributed by atoms with Crippen LogP contribution in [0, 0.1) is 0 Å². The lowest BCUT2D eigenvalue weighted by molar-refractivity contribution is 0.371. The zero-order valence-electron chi connectivity index (χ0n) is 8.57. The van der Waals surface area contributed by atoms with Crippen molar-refractivity contribution in [3.05, 3.63) is 28.8 Å². The van der Waals surface area contributed by atoms with Gasteiger partial charge in [-0.15, -0.1) is 5.10 Å². The van der Waals surface area contributed by atoms with Crippen molar-refractivity contribution in [2.24, 2.45) is 16.7 Å². The molecule has 4 N–H and O–H groups in total. The van der Waals surface area contributed by atoms with Gasteiger partial charge in [0.05, 0.1) is 12.1 Å². The number of nitrogens with zero attached hydrogens (tertiary/aromatic N) is 2. The number of rotatable bonds is 3. The molecule has 1 aromatic carbocycles. The third-order valence-corrected chi connectivity index (χ3v) is 2.01. The third-order valence-electron chi connectivity index (χ3n) is 1.71. The van der Waals surface area contributed by atoms with Gasteiger partial charge in [-0.3, -0.25) is 0 Å². The Labute approximate surface area is 93.2 Å². The predicted octanol–water partition coefficient (Wildman–Crippen LogP) is 0.774. The highest BCUT2D eigenvalue weighted by molar-refractivity contribution is 6.32. The Balaban J connectivity index is 3.02. The number of nitrogens with two attached hydrogens (primary N) is 2. The van der Waals surface area contributed by atoms with Gasteiger partial charge >= 0.3 is 0 Å². The van der Waals surface area contributed by atoms with E-state index < -0.39 is 0 Å². The van der Waals surface area contributed by atoms with E-state index in [-0.39, 0.29) is 0 Å². The van der Waals surface area contributed by atoms with Crippen LogP contribution in [0.15, 0.2) is 23.3 Å². The summed E-state index contributed by atoms with van der Waals surface area (Å²) in [5.41, 5.74) is 6.38.